The van der Waals surface area contributed by atoms with E-state index in [0.717, 1.165) is 16.7 Å². The minimum absolute atomic E-state index is 0.232. The number of amidine groups is 1. The van der Waals surface area contributed by atoms with Gasteiger partial charge in [-0.15, -0.1) is 0 Å². The number of aryl methyl sites for hydroxylation is 1. The zero-order valence-corrected chi connectivity index (χ0v) is 13.8. The molecule has 24 heavy (non-hydrogen) atoms. The van der Waals surface area contributed by atoms with Crippen LogP contribution in [0.4, 0.5) is 0 Å². The molecule has 0 aromatic heterocycles. The van der Waals surface area contributed by atoms with Crippen molar-refractivity contribution in [2.75, 3.05) is 14.2 Å². The standard InChI is InChI=1S/C19H18N2O3/c1-12-5-4-6-14(9-12)18-20-16(19(22)21-18)10-13-7-8-15(23-2)11-17(13)24-3/h4-11H,1-3H3,(H,20,21,22)/b16-10+. The van der Waals surface area contributed by atoms with Crippen LogP contribution in [0, 0.1) is 6.92 Å². The van der Waals surface area contributed by atoms with Gasteiger partial charge < -0.3 is 14.8 Å². The summed E-state index contributed by atoms with van der Waals surface area (Å²) in [6.45, 7) is 2.00. The van der Waals surface area contributed by atoms with Crippen LogP contribution < -0.4 is 14.8 Å². The third-order valence-electron chi connectivity index (χ3n) is 3.72. The van der Waals surface area contributed by atoms with E-state index in [1.54, 1.807) is 26.4 Å². The quantitative estimate of drug-likeness (QED) is 0.881. The second kappa shape index (κ2) is 6.58. The molecule has 1 aliphatic heterocycles. The first-order chi connectivity index (χ1) is 11.6. The molecule has 0 aliphatic carbocycles. The lowest BCUT2D eigenvalue weighted by molar-refractivity contribution is -0.115. The van der Waals surface area contributed by atoms with Gasteiger partial charge in [-0.05, 0) is 31.2 Å². The maximum Gasteiger partial charge on any atom is 0.275 e. The monoisotopic (exact) mass is 322 g/mol. The van der Waals surface area contributed by atoms with Gasteiger partial charge in [0.05, 0.1) is 14.2 Å². The predicted molar refractivity (Wildman–Crippen MR) is 93.4 cm³/mol. The summed E-state index contributed by atoms with van der Waals surface area (Å²) >= 11 is 0. The predicted octanol–water partition coefficient (Wildman–Crippen LogP) is 2.93. The molecular weight excluding hydrogens is 304 g/mol. The molecule has 0 atom stereocenters. The van der Waals surface area contributed by atoms with Gasteiger partial charge in [-0.25, -0.2) is 4.99 Å². The molecule has 5 heteroatoms. The summed E-state index contributed by atoms with van der Waals surface area (Å²) < 4.78 is 10.5. The van der Waals surface area contributed by atoms with Crippen molar-refractivity contribution in [1.29, 1.82) is 0 Å². The zero-order chi connectivity index (χ0) is 17.1. The summed E-state index contributed by atoms with van der Waals surface area (Å²) in [5.74, 6) is 1.63. The van der Waals surface area contributed by atoms with Crippen molar-refractivity contribution in [3.63, 3.8) is 0 Å². The fourth-order valence-electron chi connectivity index (χ4n) is 2.48. The first kappa shape index (κ1) is 15.8. The molecule has 0 saturated heterocycles. The van der Waals surface area contributed by atoms with Crippen molar-refractivity contribution >= 4 is 17.8 Å². The highest BCUT2D eigenvalue weighted by Gasteiger charge is 2.21. The number of nitrogens with one attached hydrogen (secondary N) is 1. The van der Waals surface area contributed by atoms with Gasteiger partial charge in [0.1, 0.15) is 23.0 Å². The Hall–Kier alpha value is -3.08. The average molecular weight is 322 g/mol. The lowest BCUT2D eigenvalue weighted by atomic mass is 10.1. The molecule has 0 radical (unpaired) electrons. The number of hydrogen-bond acceptors (Lipinski definition) is 4. The number of aliphatic imine (C=N–C) groups is 1. The Kier molecular flexibility index (Phi) is 4.33. The van der Waals surface area contributed by atoms with Gasteiger partial charge in [0.25, 0.3) is 5.91 Å². The number of carbonyl (C=O) groups is 1. The molecule has 122 valence electrons. The molecule has 1 heterocycles. The maximum absolute atomic E-state index is 12.2. The Morgan fingerprint density at radius 3 is 2.62 bits per heavy atom. The second-order valence-electron chi connectivity index (χ2n) is 5.42. The van der Waals surface area contributed by atoms with E-state index < -0.39 is 0 Å². The Balaban J connectivity index is 1.97. The average Bonchev–Trinajstić information content (AvgIpc) is 2.96. The van der Waals surface area contributed by atoms with Crippen molar-refractivity contribution < 1.29 is 14.3 Å². The Bertz CT molecular complexity index is 853. The number of hydrogen-bond donors (Lipinski definition) is 1. The van der Waals surface area contributed by atoms with Gasteiger partial charge in [-0.3, -0.25) is 4.79 Å². The molecule has 1 aliphatic rings. The summed E-state index contributed by atoms with van der Waals surface area (Å²) in [7, 11) is 3.17. The van der Waals surface area contributed by atoms with E-state index >= 15 is 0 Å². The number of rotatable bonds is 4. The van der Waals surface area contributed by atoms with Crippen molar-refractivity contribution in [2.24, 2.45) is 4.99 Å². The SMILES string of the molecule is COc1ccc(/C=C2/N=C(c3cccc(C)c3)NC2=O)c(OC)c1. The van der Waals surface area contributed by atoms with E-state index in [1.165, 1.54) is 0 Å². The number of carbonyl (C=O) groups excluding carboxylic acids is 1. The molecule has 0 saturated carbocycles. The molecule has 1 N–H and O–H groups in total. The summed E-state index contributed by atoms with van der Waals surface area (Å²) in [6, 6.07) is 13.3. The fraction of sp³-hybridized carbons (Fsp3) is 0.158. The third-order valence-corrected chi connectivity index (χ3v) is 3.72. The minimum Gasteiger partial charge on any atom is -0.497 e. The Morgan fingerprint density at radius 2 is 1.92 bits per heavy atom. The Morgan fingerprint density at radius 1 is 1.08 bits per heavy atom. The number of amides is 1. The largest absolute Gasteiger partial charge is 0.497 e. The lowest BCUT2D eigenvalue weighted by Crippen LogP contribution is -2.24. The summed E-state index contributed by atoms with van der Waals surface area (Å²) in [6.07, 6.45) is 1.70. The van der Waals surface area contributed by atoms with Gasteiger partial charge in [-0.2, -0.15) is 0 Å². The molecule has 0 unspecified atom stereocenters. The molecule has 3 rings (SSSR count). The topological polar surface area (TPSA) is 59.9 Å². The third kappa shape index (κ3) is 3.15. The maximum atomic E-state index is 12.2. The molecule has 0 fully saturated rings. The number of methoxy groups -OCH3 is 2. The second-order valence-corrected chi connectivity index (χ2v) is 5.42. The van der Waals surface area contributed by atoms with Gasteiger partial charge in [0.15, 0.2) is 0 Å². The molecule has 2 aromatic rings. The van der Waals surface area contributed by atoms with Gasteiger partial charge >= 0.3 is 0 Å². The van der Waals surface area contributed by atoms with Crippen molar-refractivity contribution in [2.45, 2.75) is 6.92 Å². The summed E-state index contributed by atoms with van der Waals surface area (Å²) in [4.78, 5) is 16.6. The number of nitrogens with zero attached hydrogens (tertiary/aromatic N) is 1. The molecule has 0 bridgehead atoms. The van der Waals surface area contributed by atoms with Crippen molar-refractivity contribution in [3.05, 3.63) is 64.9 Å². The smallest absolute Gasteiger partial charge is 0.275 e. The minimum atomic E-state index is -0.232. The van der Waals surface area contributed by atoms with Crippen molar-refractivity contribution in [3.8, 4) is 11.5 Å². The van der Waals surface area contributed by atoms with Crippen LogP contribution in [-0.4, -0.2) is 26.0 Å². The van der Waals surface area contributed by atoms with E-state index in [-0.39, 0.29) is 5.91 Å². The lowest BCUT2D eigenvalue weighted by Gasteiger charge is -2.07. The number of ether oxygens (including phenoxy) is 2. The van der Waals surface area contributed by atoms with Gasteiger partial charge in [0, 0.05) is 17.2 Å². The van der Waals surface area contributed by atoms with Crippen LogP contribution in [0.5, 0.6) is 11.5 Å². The van der Waals surface area contributed by atoms with Crippen LogP contribution in [-0.2, 0) is 4.79 Å². The highest BCUT2D eigenvalue weighted by atomic mass is 16.5. The zero-order valence-electron chi connectivity index (χ0n) is 13.8. The highest BCUT2D eigenvalue weighted by Crippen LogP contribution is 2.27. The van der Waals surface area contributed by atoms with Crippen LogP contribution in [0.2, 0.25) is 0 Å². The summed E-state index contributed by atoms with van der Waals surface area (Å²) in [5, 5.41) is 2.81. The highest BCUT2D eigenvalue weighted by molar-refractivity contribution is 6.19. The van der Waals surface area contributed by atoms with Crippen LogP contribution in [0.3, 0.4) is 0 Å². The first-order valence-electron chi connectivity index (χ1n) is 7.51. The normalized spacial score (nSPS) is 15.2. The van der Waals surface area contributed by atoms with E-state index in [4.69, 9.17) is 9.47 Å². The van der Waals surface area contributed by atoms with Gasteiger partial charge in [0.2, 0.25) is 0 Å². The van der Waals surface area contributed by atoms with E-state index in [9.17, 15) is 4.79 Å². The molecule has 0 spiro atoms. The Labute approximate surface area is 140 Å². The van der Waals surface area contributed by atoms with E-state index in [1.807, 2.05) is 43.3 Å². The molecule has 1 amide bonds. The van der Waals surface area contributed by atoms with Crippen LogP contribution >= 0.6 is 0 Å². The molecule has 5 nitrogen and oxygen atoms in total. The van der Waals surface area contributed by atoms with Crippen LogP contribution in [0.1, 0.15) is 16.7 Å². The molecule has 2 aromatic carbocycles. The first-order valence-corrected chi connectivity index (χ1v) is 7.51. The van der Waals surface area contributed by atoms with Gasteiger partial charge in [-0.1, -0.05) is 23.8 Å². The van der Waals surface area contributed by atoms with Crippen molar-refractivity contribution in [1.82, 2.24) is 5.32 Å². The van der Waals surface area contributed by atoms with Crippen LogP contribution in [0.25, 0.3) is 6.08 Å². The summed E-state index contributed by atoms with van der Waals surface area (Å²) in [5.41, 5.74) is 3.10. The van der Waals surface area contributed by atoms with E-state index in [2.05, 4.69) is 10.3 Å². The van der Waals surface area contributed by atoms with Crippen LogP contribution in [0.15, 0.2) is 53.2 Å². The van der Waals surface area contributed by atoms with E-state index in [0.29, 0.717) is 23.0 Å². The number of benzene rings is 2. The molecular formula is C19H18N2O3. The fourth-order valence-corrected chi connectivity index (χ4v) is 2.48.